The molecular formula is C16H22ClN5S. The Labute approximate surface area is 146 Å². The Morgan fingerprint density at radius 3 is 2.43 bits per heavy atom. The quantitative estimate of drug-likeness (QED) is 0.766. The third-order valence-electron chi connectivity index (χ3n) is 4.48. The molecule has 0 spiro atoms. The molecule has 0 bridgehead atoms. The summed E-state index contributed by atoms with van der Waals surface area (Å²) in [7, 11) is 0. The van der Waals surface area contributed by atoms with Crippen molar-refractivity contribution in [2.24, 2.45) is 4.99 Å². The lowest BCUT2D eigenvalue weighted by Gasteiger charge is -2.36. The van der Waals surface area contributed by atoms with E-state index in [-0.39, 0.29) is 4.75 Å². The van der Waals surface area contributed by atoms with Crippen molar-refractivity contribution in [2.45, 2.75) is 37.4 Å². The molecule has 3 aliphatic rings. The van der Waals surface area contributed by atoms with Crippen molar-refractivity contribution in [2.75, 3.05) is 37.6 Å². The van der Waals surface area contributed by atoms with Crippen molar-refractivity contribution in [1.29, 1.82) is 0 Å². The Morgan fingerprint density at radius 1 is 1.13 bits per heavy atom. The normalized spacial score (nSPS) is 24.0. The van der Waals surface area contributed by atoms with Gasteiger partial charge < -0.3 is 9.80 Å². The highest BCUT2D eigenvalue weighted by atomic mass is 35.5. The first kappa shape index (κ1) is 15.5. The summed E-state index contributed by atoms with van der Waals surface area (Å²) in [5, 5.41) is 1.77. The summed E-state index contributed by atoms with van der Waals surface area (Å²) < 4.78 is 0.242. The second-order valence-electron chi connectivity index (χ2n) is 7.12. The third-order valence-corrected chi connectivity index (χ3v) is 5.92. The van der Waals surface area contributed by atoms with E-state index in [1.807, 2.05) is 17.8 Å². The molecule has 23 heavy (non-hydrogen) atoms. The van der Waals surface area contributed by atoms with Gasteiger partial charge in [-0.05, 0) is 26.7 Å². The Bertz CT molecular complexity index is 635. The zero-order chi connectivity index (χ0) is 16.0. The van der Waals surface area contributed by atoms with Gasteiger partial charge in [0.05, 0.1) is 6.54 Å². The molecule has 0 atom stereocenters. The standard InChI is InChI=1S/C16H22ClN5S/c1-16(2)10-18-15(23-16)22-7-5-21(6-8-22)13-9-12(17)19-14(20-13)11-3-4-11/h9,11H,3-8,10H2,1-2H3. The smallest absolute Gasteiger partial charge is 0.159 e. The maximum absolute atomic E-state index is 6.19. The summed E-state index contributed by atoms with van der Waals surface area (Å²) in [5.74, 6) is 2.43. The molecule has 1 saturated heterocycles. The van der Waals surface area contributed by atoms with Crippen LogP contribution in [-0.4, -0.2) is 57.5 Å². The molecule has 1 aliphatic carbocycles. The van der Waals surface area contributed by atoms with Crippen LogP contribution in [0.2, 0.25) is 5.15 Å². The molecule has 1 aromatic rings. The molecule has 0 unspecified atom stereocenters. The minimum Gasteiger partial charge on any atom is -0.353 e. The van der Waals surface area contributed by atoms with Crippen LogP contribution in [0.5, 0.6) is 0 Å². The molecule has 0 aromatic carbocycles. The molecule has 5 nitrogen and oxygen atoms in total. The predicted molar refractivity (Wildman–Crippen MR) is 96.8 cm³/mol. The van der Waals surface area contributed by atoms with E-state index in [0.29, 0.717) is 11.1 Å². The highest BCUT2D eigenvalue weighted by Gasteiger charge is 2.32. The number of aromatic nitrogens is 2. The van der Waals surface area contributed by atoms with Crippen LogP contribution in [0.4, 0.5) is 5.82 Å². The van der Waals surface area contributed by atoms with Gasteiger partial charge in [-0.25, -0.2) is 9.97 Å². The molecule has 124 valence electrons. The molecule has 1 aromatic heterocycles. The SMILES string of the molecule is CC1(C)CN=C(N2CCN(c3cc(Cl)nc(C4CC4)n3)CC2)S1. The Balaban J connectivity index is 1.42. The van der Waals surface area contributed by atoms with Gasteiger partial charge in [0, 0.05) is 42.9 Å². The topological polar surface area (TPSA) is 44.6 Å². The summed E-state index contributed by atoms with van der Waals surface area (Å²) in [6, 6.07) is 1.90. The number of anilines is 1. The summed E-state index contributed by atoms with van der Waals surface area (Å²) in [6.45, 7) is 9.32. The van der Waals surface area contributed by atoms with Gasteiger partial charge in [-0.15, -0.1) is 0 Å². The average molecular weight is 352 g/mol. The largest absolute Gasteiger partial charge is 0.353 e. The molecule has 1 saturated carbocycles. The molecule has 0 amide bonds. The lowest BCUT2D eigenvalue weighted by molar-refractivity contribution is 0.390. The highest BCUT2D eigenvalue weighted by Crippen LogP contribution is 2.39. The van der Waals surface area contributed by atoms with Gasteiger partial charge >= 0.3 is 0 Å². The van der Waals surface area contributed by atoms with Crippen LogP contribution in [-0.2, 0) is 0 Å². The van der Waals surface area contributed by atoms with E-state index in [0.717, 1.165) is 44.4 Å². The number of nitrogens with zero attached hydrogens (tertiary/aromatic N) is 5. The van der Waals surface area contributed by atoms with Crippen LogP contribution in [0.1, 0.15) is 38.4 Å². The summed E-state index contributed by atoms with van der Waals surface area (Å²) in [6.07, 6.45) is 2.39. The van der Waals surface area contributed by atoms with Gasteiger partial charge in [-0.2, -0.15) is 0 Å². The monoisotopic (exact) mass is 351 g/mol. The van der Waals surface area contributed by atoms with Crippen molar-refractivity contribution in [3.8, 4) is 0 Å². The summed E-state index contributed by atoms with van der Waals surface area (Å²) >= 11 is 8.09. The van der Waals surface area contributed by atoms with E-state index >= 15 is 0 Å². The first-order chi connectivity index (χ1) is 11.0. The summed E-state index contributed by atoms with van der Waals surface area (Å²) in [5.41, 5.74) is 0. The second-order valence-corrected chi connectivity index (χ2v) is 9.18. The van der Waals surface area contributed by atoms with Crippen molar-refractivity contribution in [1.82, 2.24) is 14.9 Å². The fraction of sp³-hybridized carbons (Fsp3) is 0.688. The third kappa shape index (κ3) is 3.43. The van der Waals surface area contributed by atoms with E-state index in [4.69, 9.17) is 21.6 Å². The maximum Gasteiger partial charge on any atom is 0.159 e. The van der Waals surface area contributed by atoms with Gasteiger partial charge in [0.25, 0.3) is 0 Å². The predicted octanol–water partition coefficient (Wildman–Crippen LogP) is 3.01. The van der Waals surface area contributed by atoms with Crippen LogP contribution in [0.3, 0.4) is 0 Å². The number of halogens is 1. The first-order valence-corrected chi connectivity index (χ1v) is 9.47. The van der Waals surface area contributed by atoms with Gasteiger partial charge in [0.15, 0.2) is 5.17 Å². The number of amidine groups is 1. The minimum atomic E-state index is 0.242. The molecule has 0 radical (unpaired) electrons. The molecule has 2 aliphatic heterocycles. The molecule has 7 heteroatoms. The van der Waals surface area contributed by atoms with E-state index in [9.17, 15) is 0 Å². The van der Waals surface area contributed by atoms with Crippen molar-refractivity contribution in [3.05, 3.63) is 17.0 Å². The number of thioether (sulfide) groups is 1. The van der Waals surface area contributed by atoms with Crippen molar-refractivity contribution < 1.29 is 0 Å². The van der Waals surface area contributed by atoms with Gasteiger partial charge in [0.1, 0.15) is 16.8 Å². The van der Waals surface area contributed by atoms with Crippen LogP contribution in [0.15, 0.2) is 11.1 Å². The number of aliphatic imine (C=N–C) groups is 1. The van der Waals surface area contributed by atoms with E-state index in [1.54, 1.807) is 0 Å². The van der Waals surface area contributed by atoms with Crippen molar-refractivity contribution in [3.63, 3.8) is 0 Å². The zero-order valence-electron chi connectivity index (χ0n) is 13.6. The first-order valence-electron chi connectivity index (χ1n) is 8.28. The van der Waals surface area contributed by atoms with Gasteiger partial charge in [-0.3, -0.25) is 4.99 Å². The lowest BCUT2D eigenvalue weighted by atomic mass is 10.2. The fourth-order valence-electron chi connectivity index (χ4n) is 2.97. The average Bonchev–Trinajstić information content (AvgIpc) is 3.31. The van der Waals surface area contributed by atoms with E-state index in [1.165, 1.54) is 18.0 Å². The minimum absolute atomic E-state index is 0.242. The van der Waals surface area contributed by atoms with Gasteiger partial charge in [0.2, 0.25) is 0 Å². The lowest BCUT2D eigenvalue weighted by Crippen LogP contribution is -2.48. The van der Waals surface area contributed by atoms with E-state index in [2.05, 4.69) is 28.6 Å². The Hall–Kier alpha value is -1.01. The van der Waals surface area contributed by atoms with E-state index < -0.39 is 0 Å². The van der Waals surface area contributed by atoms with Gasteiger partial charge in [-0.1, -0.05) is 23.4 Å². The highest BCUT2D eigenvalue weighted by molar-refractivity contribution is 8.15. The van der Waals surface area contributed by atoms with Crippen LogP contribution in [0.25, 0.3) is 0 Å². The fourth-order valence-corrected chi connectivity index (χ4v) is 4.22. The molecule has 0 N–H and O–H groups in total. The molecule has 2 fully saturated rings. The Kier molecular flexibility index (Phi) is 3.92. The van der Waals surface area contributed by atoms with Crippen LogP contribution < -0.4 is 4.90 Å². The van der Waals surface area contributed by atoms with Crippen molar-refractivity contribution >= 4 is 34.3 Å². The Morgan fingerprint density at radius 2 is 1.83 bits per heavy atom. The number of hydrogen-bond acceptors (Lipinski definition) is 6. The van der Waals surface area contributed by atoms with Crippen LogP contribution in [0, 0.1) is 0 Å². The number of piperazine rings is 1. The maximum atomic E-state index is 6.19. The summed E-state index contributed by atoms with van der Waals surface area (Å²) in [4.78, 5) is 18.6. The van der Waals surface area contributed by atoms with Crippen LogP contribution >= 0.6 is 23.4 Å². The molecular weight excluding hydrogens is 330 g/mol. The number of rotatable bonds is 2. The second kappa shape index (κ2) is 5.81. The number of hydrogen-bond donors (Lipinski definition) is 0. The zero-order valence-corrected chi connectivity index (χ0v) is 15.2. The molecule has 4 rings (SSSR count). The molecule has 3 heterocycles.